The molecule has 0 saturated carbocycles. The molecular formula is C16H20N2O. The van der Waals surface area contributed by atoms with E-state index in [-0.39, 0.29) is 5.92 Å². The maximum Gasteiger partial charge on any atom is 0.119 e. The van der Waals surface area contributed by atoms with E-state index >= 15 is 0 Å². The lowest BCUT2D eigenvalue weighted by molar-refractivity contribution is 0.290. The number of ether oxygens (including phenoxy) is 1. The molecule has 2 rings (SSSR count). The molecule has 0 amide bonds. The standard InChI is InChI=1S/C16H20N2O/c1-2-13-5-7-16(8-6-13)19-12-15(10-17)14-4-3-9-18-11-14/h3-9,11,15H,2,10,12,17H2,1H3. The molecular weight excluding hydrogens is 236 g/mol. The summed E-state index contributed by atoms with van der Waals surface area (Å²) in [4.78, 5) is 4.12. The Labute approximate surface area is 114 Å². The third kappa shape index (κ3) is 3.80. The third-order valence-electron chi connectivity index (χ3n) is 3.22. The molecule has 1 aromatic carbocycles. The Hall–Kier alpha value is -1.87. The summed E-state index contributed by atoms with van der Waals surface area (Å²) in [7, 11) is 0. The van der Waals surface area contributed by atoms with Crippen LogP contribution < -0.4 is 10.5 Å². The monoisotopic (exact) mass is 256 g/mol. The Morgan fingerprint density at radius 2 is 2.00 bits per heavy atom. The van der Waals surface area contributed by atoms with Gasteiger partial charge in [0.1, 0.15) is 5.75 Å². The quantitative estimate of drug-likeness (QED) is 0.864. The molecule has 0 fully saturated rings. The van der Waals surface area contributed by atoms with Gasteiger partial charge in [-0.2, -0.15) is 0 Å². The minimum absolute atomic E-state index is 0.180. The zero-order valence-electron chi connectivity index (χ0n) is 11.3. The van der Waals surface area contributed by atoms with Crippen molar-refractivity contribution in [2.75, 3.05) is 13.2 Å². The molecule has 0 spiro atoms. The van der Waals surface area contributed by atoms with Crippen LogP contribution >= 0.6 is 0 Å². The summed E-state index contributed by atoms with van der Waals surface area (Å²) < 4.78 is 5.81. The van der Waals surface area contributed by atoms with Gasteiger partial charge in [0.25, 0.3) is 0 Å². The van der Waals surface area contributed by atoms with Crippen molar-refractivity contribution in [1.29, 1.82) is 0 Å². The van der Waals surface area contributed by atoms with Gasteiger partial charge in [0, 0.05) is 24.9 Å². The molecule has 100 valence electrons. The van der Waals surface area contributed by atoms with E-state index in [2.05, 4.69) is 24.0 Å². The van der Waals surface area contributed by atoms with E-state index in [9.17, 15) is 0 Å². The lowest BCUT2D eigenvalue weighted by atomic mass is 10.0. The average molecular weight is 256 g/mol. The number of aromatic nitrogens is 1. The molecule has 0 aliphatic carbocycles. The van der Waals surface area contributed by atoms with E-state index in [1.807, 2.05) is 30.5 Å². The second-order valence-electron chi connectivity index (χ2n) is 4.53. The van der Waals surface area contributed by atoms with E-state index in [1.54, 1.807) is 6.20 Å². The molecule has 0 saturated heterocycles. The van der Waals surface area contributed by atoms with Crippen LogP contribution in [0.5, 0.6) is 5.75 Å². The second kappa shape index (κ2) is 6.90. The third-order valence-corrected chi connectivity index (χ3v) is 3.22. The molecule has 0 aliphatic heterocycles. The summed E-state index contributed by atoms with van der Waals surface area (Å²) in [6, 6.07) is 12.2. The van der Waals surface area contributed by atoms with Crippen LogP contribution in [0.15, 0.2) is 48.8 Å². The van der Waals surface area contributed by atoms with Crippen molar-refractivity contribution in [3.05, 3.63) is 59.9 Å². The van der Waals surface area contributed by atoms with Crippen molar-refractivity contribution >= 4 is 0 Å². The number of hydrogen-bond donors (Lipinski definition) is 1. The fourth-order valence-electron chi connectivity index (χ4n) is 1.94. The number of pyridine rings is 1. The number of hydrogen-bond acceptors (Lipinski definition) is 3. The van der Waals surface area contributed by atoms with Crippen molar-refractivity contribution in [3.8, 4) is 5.75 Å². The predicted octanol–water partition coefficient (Wildman–Crippen LogP) is 2.77. The number of nitrogens with zero attached hydrogens (tertiary/aromatic N) is 1. The highest BCUT2D eigenvalue weighted by Gasteiger charge is 2.10. The minimum Gasteiger partial charge on any atom is -0.493 e. The topological polar surface area (TPSA) is 48.1 Å². The lowest BCUT2D eigenvalue weighted by Crippen LogP contribution is -2.19. The summed E-state index contributed by atoms with van der Waals surface area (Å²) in [6.45, 7) is 3.27. The van der Waals surface area contributed by atoms with E-state index in [0.717, 1.165) is 17.7 Å². The maximum absolute atomic E-state index is 5.81. The van der Waals surface area contributed by atoms with Gasteiger partial charge in [-0.3, -0.25) is 4.98 Å². The van der Waals surface area contributed by atoms with Crippen LogP contribution in [0.3, 0.4) is 0 Å². The van der Waals surface area contributed by atoms with Crippen molar-refractivity contribution in [1.82, 2.24) is 4.98 Å². The second-order valence-corrected chi connectivity index (χ2v) is 4.53. The van der Waals surface area contributed by atoms with Gasteiger partial charge < -0.3 is 10.5 Å². The fourth-order valence-corrected chi connectivity index (χ4v) is 1.94. The summed E-state index contributed by atoms with van der Waals surface area (Å²) >= 11 is 0. The Balaban J connectivity index is 1.96. The summed E-state index contributed by atoms with van der Waals surface area (Å²) in [6.07, 6.45) is 4.66. The van der Waals surface area contributed by atoms with Crippen LogP contribution in [-0.4, -0.2) is 18.1 Å². The fraction of sp³-hybridized carbons (Fsp3) is 0.312. The summed E-state index contributed by atoms with van der Waals surface area (Å²) in [5.41, 5.74) is 8.24. The Morgan fingerprint density at radius 1 is 1.21 bits per heavy atom. The predicted molar refractivity (Wildman–Crippen MR) is 77.3 cm³/mol. The van der Waals surface area contributed by atoms with Gasteiger partial charge in [-0.15, -0.1) is 0 Å². The van der Waals surface area contributed by atoms with Gasteiger partial charge >= 0.3 is 0 Å². The molecule has 2 aromatic rings. The number of nitrogens with two attached hydrogens (primary N) is 1. The minimum atomic E-state index is 0.180. The van der Waals surface area contributed by atoms with E-state index < -0.39 is 0 Å². The van der Waals surface area contributed by atoms with Crippen molar-refractivity contribution < 1.29 is 4.74 Å². The van der Waals surface area contributed by atoms with Gasteiger partial charge in [-0.25, -0.2) is 0 Å². The van der Waals surface area contributed by atoms with Gasteiger partial charge in [-0.05, 0) is 35.7 Å². The Bertz CT molecular complexity index is 482. The summed E-state index contributed by atoms with van der Waals surface area (Å²) in [5.74, 6) is 1.07. The van der Waals surface area contributed by atoms with Crippen LogP contribution in [0, 0.1) is 0 Å². The van der Waals surface area contributed by atoms with Crippen LogP contribution in [0.25, 0.3) is 0 Å². The van der Waals surface area contributed by atoms with Crippen molar-refractivity contribution in [3.63, 3.8) is 0 Å². The first-order valence-corrected chi connectivity index (χ1v) is 6.65. The smallest absolute Gasteiger partial charge is 0.119 e. The maximum atomic E-state index is 5.81. The zero-order valence-corrected chi connectivity index (χ0v) is 11.3. The molecule has 19 heavy (non-hydrogen) atoms. The molecule has 3 nitrogen and oxygen atoms in total. The molecule has 0 radical (unpaired) electrons. The first-order valence-electron chi connectivity index (χ1n) is 6.65. The average Bonchev–Trinajstić information content (AvgIpc) is 2.49. The molecule has 1 heterocycles. The molecule has 1 aromatic heterocycles. The van der Waals surface area contributed by atoms with Crippen molar-refractivity contribution in [2.24, 2.45) is 5.73 Å². The van der Waals surface area contributed by atoms with Gasteiger partial charge in [0.15, 0.2) is 0 Å². The number of benzene rings is 1. The van der Waals surface area contributed by atoms with Crippen LogP contribution in [-0.2, 0) is 6.42 Å². The normalized spacial score (nSPS) is 12.1. The highest BCUT2D eigenvalue weighted by molar-refractivity contribution is 5.27. The Kier molecular flexibility index (Phi) is 4.93. The number of aryl methyl sites for hydroxylation is 1. The van der Waals surface area contributed by atoms with Crippen LogP contribution in [0.1, 0.15) is 24.0 Å². The van der Waals surface area contributed by atoms with Crippen LogP contribution in [0.4, 0.5) is 0 Å². The Morgan fingerprint density at radius 3 is 2.58 bits per heavy atom. The van der Waals surface area contributed by atoms with E-state index in [4.69, 9.17) is 10.5 Å². The lowest BCUT2D eigenvalue weighted by Gasteiger charge is -2.16. The van der Waals surface area contributed by atoms with Crippen LogP contribution in [0.2, 0.25) is 0 Å². The molecule has 1 unspecified atom stereocenters. The first-order chi connectivity index (χ1) is 9.33. The van der Waals surface area contributed by atoms with Crippen molar-refractivity contribution in [2.45, 2.75) is 19.3 Å². The SMILES string of the molecule is CCc1ccc(OCC(CN)c2cccnc2)cc1. The highest BCUT2D eigenvalue weighted by atomic mass is 16.5. The summed E-state index contributed by atoms with van der Waals surface area (Å²) in [5, 5.41) is 0. The highest BCUT2D eigenvalue weighted by Crippen LogP contribution is 2.17. The zero-order chi connectivity index (χ0) is 13.5. The van der Waals surface area contributed by atoms with E-state index in [0.29, 0.717) is 13.2 Å². The first kappa shape index (κ1) is 13.6. The van der Waals surface area contributed by atoms with Gasteiger partial charge in [0.2, 0.25) is 0 Å². The largest absolute Gasteiger partial charge is 0.493 e. The van der Waals surface area contributed by atoms with Gasteiger partial charge in [-0.1, -0.05) is 25.1 Å². The molecule has 3 heteroatoms. The molecule has 0 bridgehead atoms. The number of rotatable bonds is 6. The molecule has 0 aliphatic rings. The molecule has 1 atom stereocenters. The molecule has 2 N–H and O–H groups in total. The van der Waals surface area contributed by atoms with E-state index in [1.165, 1.54) is 5.56 Å². The van der Waals surface area contributed by atoms with Gasteiger partial charge in [0.05, 0.1) is 6.61 Å².